The van der Waals surface area contributed by atoms with E-state index in [-0.39, 0.29) is 23.5 Å². The van der Waals surface area contributed by atoms with Gasteiger partial charge in [0.15, 0.2) is 6.10 Å². The van der Waals surface area contributed by atoms with E-state index < -0.39 is 15.9 Å². The third kappa shape index (κ3) is 3.29. The Balaban J connectivity index is 1.58. The number of sulfone groups is 1. The normalized spacial score (nSPS) is 24.3. The zero-order valence-corrected chi connectivity index (χ0v) is 12.4. The van der Waals surface area contributed by atoms with E-state index in [0.717, 1.165) is 5.69 Å². The summed E-state index contributed by atoms with van der Waals surface area (Å²) in [7, 11) is -2.91. The minimum Gasteiger partial charge on any atom is -0.477 e. The van der Waals surface area contributed by atoms with Gasteiger partial charge < -0.3 is 15.4 Å². The number of ether oxygens (including phenoxy) is 1. The van der Waals surface area contributed by atoms with E-state index in [9.17, 15) is 13.2 Å². The van der Waals surface area contributed by atoms with Crippen LogP contribution in [-0.2, 0) is 14.6 Å². The van der Waals surface area contributed by atoms with Gasteiger partial charge in [0.05, 0.1) is 23.7 Å². The molecule has 2 heterocycles. The fourth-order valence-electron chi connectivity index (χ4n) is 2.59. The number of anilines is 1. The quantitative estimate of drug-likeness (QED) is 0.833. The summed E-state index contributed by atoms with van der Waals surface area (Å²) < 4.78 is 28.4. The van der Waals surface area contributed by atoms with Crippen molar-refractivity contribution in [2.75, 3.05) is 23.4 Å². The van der Waals surface area contributed by atoms with Gasteiger partial charge in [0, 0.05) is 6.04 Å². The molecule has 1 aromatic rings. The number of fused-ring (bicyclic) bond motifs is 1. The fraction of sp³-hybridized carbons (Fsp3) is 0.500. The minimum atomic E-state index is -2.91. The molecule has 2 N–H and O–H groups in total. The minimum absolute atomic E-state index is 0.0817. The lowest BCUT2D eigenvalue weighted by Gasteiger charge is -2.29. The van der Waals surface area contributed by atoms with E-state index in [2.05, 4.69) is 10.6 Å². The Labute approximate surface area is 123 Å². The van der Waals surface area contributed by atoms with Gasteiger partial charge in [-0.15, -0.1) is 0 Å². The van der Waals surface area contributed by atoms with E-state index in [1.807, 2.05) is 24.3 Å². The Morgan fingerprint density at radius 3 is 2.71 bits per heavy atom. The summed E-state index contributed by atoms with van der Waals surface area (Å²) in [5.74, 6) is 0.756. The van der Waals surface area contributed by atoms with Crippen molar-refractivity contribution < 1.29 is 17.9 Å². The summed E-state index contributed by atoms with van der Waals surface area (Å²) in [6.07, 6.45) is 0.369. The average molecular weight is 310 g/mol. The molecule has 0 aliphatic carbocycles. The van der Waals surface area contributed by atoms with Crippen molar-refractivity contribution in [2.45, 2.75) is 25.0 Å². The van der Waals surface area contributed by atoms with Gasteiger partial charge in [-0.2, -0.15) is 0 Å². The van der Waals surface area contributed by atoms with Crippen LogP contribution in [0.15, 0.2) is 24.3 Å². The molecule has 1 atom stereocenters. The number of hydrogen-bond donors (Lipinski definition) is 2. The summed E-state index contributed by atoms with van der Waals surface area (Å²) in [6, 6.07) is 7.39. The number of benzene rings is 1. The van der Waals surface area contributed by atoms with Crippen molar-refractivity contribution in [2.24, 2.45) is 0 Å². The fourth-order valence-corrected chi connectivity index (χ4v) is 4.08. The molecular weight excluding hydrogens is 292 g/mol. The maximum absolute atomic E-state index is 12.2. The molecule has 1 unspecified atom stereocenters. The summed E-state index contributed by atoms with van der Waals surface area (Å²) >= 11 is 0. The van der Waals surface area contributed by atoms with Crippen molar-refractivity contribution in [3.63, 3.8) is 0 Å². The summed E-state index contributed by atoms with van der Waals surface area (Å²) in [6.45, 7) is 0.411. The standard InChI is InChI=1S/C14H18N2O4S/c17-14(16-10-5-7-21(18,19)8-6-10)13-9-15-11-3-1-2-4-12(11)20-13/h1-4,10,13,15H,5-9H2,(H,16,17). The summed E-state index contributed by atoms with van der Waals surface area (Å²) in [5.41, 5.74) is 0.880. The average Bonchev–Trinajstić information content (AvgIpc) is 2.49. The van der Waals surface area contributed by atoms with Crippen LogP contribution in [0.1, 0.15) is 12.8 Å². The molecule has 1 amide bonds. The summed E-state index contributed by atoms with van der Waals surface area (Å²) in [4.78, 5) is 12.2. The molecule has 0 spiro atoms. The predicted molar refractivity (Wildman–Crippen MR) is 79.2 cm³/mol. The van der Waals surface area contributed by atoms with Crippen molar-refractivity contribution in [3.05, 3.63) is 24.3 Å². The zero-order valence-electron chi connectivity index (χ0n) is 11.5. The highest BCUT2D eigenvalue weighted by molar-refractivity contribution is 7.91. The third-order valence-electron chi connectivity index (χ3n) is 3.83. The monoisotopic (exact) mass is 310 g/mol. The van der Waals surface area contributed by atoms with Gasteiger partial charge in [-0.25, -0.2) is 8.42 Å². The van der Waals surface area contributed by atoms with Crippen LogP contribution in [0.5, 0.6) is 5.75 Å². The van der Waals surface area contributed by atoms with Crippen LogP contribution in [0.2, 0.25) is 0 Å². The molecular formula is C14H18N2O4S. The van der Waals surface area contributed by atoms with Crippen LogP contribution in [0.4, 0.5) is 5.69 Å². The Morgan fingerprint density at radius 1 is 1.24 bits per heavy atom. The molecule has 3 rings (SSSR count). The van der Waals surface area contributed by atoms with Gasteiger partial charge in [0.25, 0.3) is 5.91 Å². The molecule has 1 aromatic carbocycles. The lowest BCUT2D eigenvalue weighted by atomic mass is 10.1. The molecule has 2 aliphatic heterocycles. The molecule has 1 fully saturated rings. The van der Waals surface area contributed by atoms with E-state index in [0.29, 0.717) is 25.1 Å². The SMILES string of the molecule is O=C(NC1CCS(=O)(=O)CC1)C1CNc2ccccc2O1. The Hall–Kier alpha value is -1.76. The van der Waals surface area contributed by atoms with Crippen LogP contribution >= 0.6 is 0 Å². The molecule has 0 bridgehead atoms. The highest BCUT2D eigenvalue weighted by atomic mass is 32.2. The Bertz CT molecular complexity index is 630. The van der Waals surface area contributed by atoms with Crippen LogP contribution in [-0.4, -0.2) is 44.5 Å². The van der Waals surface area contributed by atoms with Gasteiger partial charge >= 0.3 is 0 Å². The number of nitrogens with one attached hydrogen (secondary N) is 2. The molecule has 21 heavy (non-hydrogen) atoms. The highest BCUT2D eigenvalue weighted by Gasteiger charge is 2.30. The van der Waals surface area contributed by atoms with Gasteiger partial charge in [-0.3, -0.25) is 4.79 Å². The highest BCUT2D eigenvalue weighted by Crippen LogP contribution is 2.28. The van der Waals surface area contributed by atoms with E-state index in [4.69, 9.17) is 4.74 Å². The number of carbonyl (C=O) groups is 1. The first-order chi connectivity index (χ1) is 10.0. The van der Waals surface area contributed by atoms with Crippen molar-refractivity contribution in [1.29, 1.82) is 0 Å². The van der Waals surface area contributed by atoms with E-state index in [1.165, 1.54) is 0 Å². The maximum Gasteiger partial charge on any atom is 0.263 e. The molecule has 0 radical (unpaired) electrons. The number of carbonyl (C=O) groups excluding carboxylic acids is 1. The predicted octanol–water partition coefficient (Wildman–Crippen LogP) is 0.553. The topological polar surface area (TPSA) is 84.5 Å². The second-order valence-electron chi connectivity index (χ2n) is 5.42. The molecule has 7 heteroatoms. The van der Waals surface area contributed by atoms with E-state index >= 15 is 0 Å². The van der Waals surface area contributed by atoms with E-state index in [1.54, 1.807) is 0 Å². The van der Waals surface area contributed by atoms with Gasteiger partial charge in [0.2, 0.25) is 0 Å². The molecule has 2 aliphatic rings. The molecule has 6 nitrogen and oxygen atoms in total. The van der Waals surface area contributed by atoms with Gasteiger partial charge in [-0.05, 0) is 25.0 Å². The molecule has 1 saturated heterocycles. The number of hydrogen-bond acceptors (Lipinski definition) is 5. The molecule has 0 saturated carbocycles. The first-order valence-corrected chi connectivity index (χ1v) is 8.86. The molecule has 114 valence electrons. The zero-order chi connectivity index (χ0) is 14.9. The second-order valence-corrected chi connectivity index (χ2v) is 7.72. The molecule has 0 aromatic heterocycles. The van der Waals surface area contributed by atoms with Crippen molar-refractivity contribution >= 4 is 21.4 Å². The van der Waals surface area contributed by atoms with Crippen molar-refractivity contribution in [1.82, 2.24) is 5.32 Å². The van der Waals surface area contributed by atoms with Gasteiger partial charge in [-0.1, -0.05) is 12.1 Å². The lowest BCUT2D eigenvalue weighted by Crippen LogP contribution is -2.49. The number of para-hydroxylation sites is 2. The second kappa shape index (κ2) is 5.55. The number of rotatable bonds is 2. The largest absolute Gasteiger partial charge is 0.477 e. The van der Waals surface area contributed by atoms with Crippen LogP contribution < -0.4 is 15.4 Å². The van der Waals surface area contributed by atoms with Crippen LogP contribution in [0.3, 0.4) is 0 Å². The lowest BCUT2D eigenvalue weighted by molar-refractivity contribution is -0.128. The van der Waals surface area contributed by atoms with Crippen LogP contribution in [0, 0.1) is 0 Å². The third-order valence-corrected chi connectivity index (χ3v) is 5.54. The first-order valence-electron chi connectivity index (χ1n) is 7.04. The maximum atomic E-state index is 12.2. The first kappa shape index (κ1) is 14.2. The van der Waals surface area contributed by atoms with Crippen molar-refractivity contribution in [3.8, 4) is 5.75 Å². The Kier molecular flexibility index (Phi) is 3.75. The number of amides is 1. The van der Waals surface area contributed by atoms with Crippen LogP contribution in [0.25, 0.3) is 0 Å². The van der Waals surface area contributed by atoms with Gasteiger partial charge in [0.1, 0.15) is 15.6 Å². The Morgan fingerprint density at radius 2 is 1.95 bits per heavy atom. The smallest absolute Gasteiger partial charge is 0.263 e. The summed E-state index contributed by atoms with van der Waals surface area (Å²) in [5, 5.41) is 6.05.